The molecule has 0 bridgehead atoms. The van der Waals surface area contributed by atoms with Gasteiger partial charge in [0.05, 0.1) is 0 Å². The van der Waals surface area contributed by atoms with Gasteiger partial charge in [-0.25, -0.2) is 4.98 Å². The summed E-state index contributed by atoms with van der Waals surface area (Å²) in [5.41, 5.74) is 6.01. The lowest BCUT2D eigenvalue weighted by atomic mass is 10.2. The molecule has 1 heterocycles. The number of anilines is 2. The Hall–Kier alpha value is -2.94. The number of nitrogens with one attached hydrogen (secondary N) is 3. The lowest BCUT2D eigenvalue weighted by molar-refractivity contribution is -0.114. The average Bonchev–Trinajstić information content (AvgIpc) is 3.00. The lowest BCUT2D eigenvalue weighted by Crippen LogP contribution is -2.41. The van der Waals surface area contributed by atoms with Crippen molar-refractivity contribution in [2.45, 2.75) is 6.92 Å². The van der Waals surface area contributed by atoms with E-state index in [0.717, 1.165) is 17.0 Å². The van der Waals surface area contributed by atoms with Crippen molar-refractivity contribution >= 4 is 39.9 Å². The van der Waals surface area contributed by atoms with E-state index in [9.17, 15) is 14.4 Å². The SMILES string of the molecule is CC(=O)Nc1nc(C(=O)NNC(=O)c2cccc(N(C)C)c2)cs1. The third-order valence-electron chi connectivity index (χ3n) is 2.93. The topological polar surface area (TPSA) is 103 Å². The number of aromatic nitrogens is 1. The second kappa shape index (κ2) is 7.55. The summed E-state index contributed by atoms with van der Waals surface area (Å²) in [7, 11) is 3.74. The molecular weight excluding hydrogens is 330 g/mol. The van der Waals surface area contributed by atoms with Gasteiger partial charge in [0, 0.05) is 37.6 Å². The van der Waals surface area contributed by atoms with Crippen LogP contribution >= 0.6 is 11.3 Å². The van der Waals surface area contributed by atoms with Crippen LogP contribution in [-0.2, 0) is 4.79 Å². The van der Waals surface area contributed by atoms with E-state index in [-0.39, 0.29) is 11.6 Å². The van der Waals surface area contributed by atoms with E-state index < -0.39 is 11.8 Å². The van der Waals surface area contributed by atoms with Gasteiger partial charge in [-0.1, -0.05) is 6.07 Å². The Labute approximate surface area is 142 Å². The molecule has 8 nitrogen and oxygen atoms in total. The first-order valence-corrected chi connectivity index (χ1v) is 7.86. The summed E-state index contributed by atoms with van der Waals surface area (Å²) in [6, 6.07) is 6.98. The van der Waals surface area contributed by atoms with Gasteiger partial charge in [0.2, 0.25) is 5.91 Å². The molecule has 0 spiro atoms. The molecule has 2 rings (SSSR count). The van der Waals surface area contributed by atoms with Gasteiger partial charge < -0.3 is 10.2 Å². The molecule has 0 aliphatic heterocycles. The van der Waals surface area contributed by atoms with Gasteiger partial charge >= 0.3 is 0 Å². The highest BCUT2D eigenvalue weighted by Gasteiger charge is 2.13. The number of hydrazine groups is 1. The van der Waals surface area contributed by atoms with Crippen LogP contribution in [0, 0.1) is 0 Å². The Morgan fingerprint density at radius 2 is 1.83 bits per heavy atom. The van der Waals surface area contributed by atoms with E-state index in [1.54, 1.807) is 18.2 Å². The number of carbonyl (C=O) groups is 3. The van der Waals surface area contributed by atoms with E-state index >= 15 is 0 Å². The second-order valence-corrected chi connectivity index (χ2v) is 5.93. The Kier molecular flexibility index (Phi) is 5.48. The summed E-state index contributed by atoms with van der Waals surface area (Å²) in [6.45, 7) is 1.35. The molecule has 0 fully saturated rings. The van der Waals surface area contributed by atoms with Crippen molar-refractivity contribution in [3.05, 3.63) is 40.9 Å². The van der Waals surface area contributed by atoms with Crippen molar-refractivity contribution in [3.8, 4) is 0 Å². The minimum absolute atomic E-state index is 0.103. The van der Waals surface area contributed by atoms with Crippen LogP contribution in [0.3, 0.4) is 0 Å². The van der Waals surface area contributed by atoms with Gasteiger partial charge in [0.1, 0.15) is 5.69 Å². The Morgan fingerprint density at radius 1 is 1.12 bits per heavy atom. The van der Waals surface area contributed by atoms with Crippen LogP contribution in [0.4, 0.5) is 10.8 Å². The maximum Gasteiger partial charge on any atom is 0.289 e. The number of hydrogen-bond donors (Lipinski definition) is 3. The highest BCUT2D eigenvalue weighted by Crippen LogP contribution is 2.15. The maximum absolute atomic E-state index is 12.1. The zero-order chi connectivity index (χ0) is 17.7. The average molecular weight is 347 g/mol. The van der Waals surface area contributed by atoms with E-state index in [1.165, 1.54) is 12.3 Å². The fraction of sp³-hybridized carbons (Fsp3) is 0.200. The zero-order valence-electron chi connectivity index (χ0n) is 13.4. The van der Waals surface area contributed by atoms with Crippen molar-refractivity contribution in [2.24, 2.45) is 0 Å². The molecular formula is C15H17N5O3S. The van der Waals surface area contributed by atoms with Crippen molar-refractivity contribution in [1.82, 2.24) is 15.8 Å². The molecule has 0 aliphatic rings. The maximum atomic E-state index is 12.1. The zero-order valence-corrected chi connectivity index (χ0v) is 14.2. The third-order valence-corrected chi connectivity index (χ3v) is 3.69. The van der Waals surface area contributed by atoms with Crippen LogP contribution in [0.1, 0.15) is 27.8 Å². The summed E-state index contributed by atoms with van der Waals surface area (Å²) in [4.78, 5) is 40.8. The number of amides is 3. The van der Waals surface area contributed by atoms with Gasteiger partial charge in [-0.15, -0.1) is 11.3 Å². The first kappa shape index (κ1) is 17.4. The van der Waals surface area contributed by atoms with Crippen molar-refractivity contribution in [1.29, 1.82) is 0 Å². The molecule has 0 unspecified atom stereocenters. The summed E-state index contributed by atoms with van der Waals surface area (Å²) >= 11 is 1.12. The minimum Gasteiger partial charge on any atom is -0.378 e. The lowest BCUT2D eigenvalue weighted by Gasteiger charge is -2.13. The molecule has 3 amide bonds. The largest absolute Gasteiger partial charge is 0.378 e. The normalized spacial score (nSPS) is 9.96. The number of carbonyl (C=O) groups excluding carboxylic acids is 3. The first-order chi connectivity index (χ1) is 11.4. The van der Waals surface area contributed by atoms with E-state index in [2.05, 4.69) is 21.2 Å². The fourth-order valence-electron chi connectivity index (χ4n) is 1.76. The van der Waals surface area contributed by atoms with E-state index in [1.807, 2.05) is 25.1 Å². The Morgan fingerprint density at radius 3 is 2.50 bits per heavy atom. The van der Waals surface area contributed by atoms with Crippen LogP contribution in [0.25, 0.3) is 0 Å². The highest BCUT2D eigenvalue weighted by atomic mass is 32.1. The second-order valence-electron chi connectivity index (χ2n) is 5.07. The number of thiazole rings is 1. The van der Waals surface area contributed by atoms with Gasteiger partial charge in [-0.2, -0.15) is 0 Å². The Balaban J connectivity index is 1.96. The molecule has 0 saturated carbocycles. The number of benzene rings is 1. The molecule has 1 aromatic carbocycles. The van der Waals surface area contributed by atoms with Crippen molar-refractivity contribution in [2.75, 3.05) is 24.3 Å². The van der Waals surface area contributed by atoms with E-state index in [4.69, 9.17) is 0 Å². The predicted molar refractivity (Wildman–Crippen MR) is 92.1 cm³/mol. The third kappa shape index (κ3) is 4.53. The number of nitrogens with zero attached hydrogens (tertiary/aromatic N) is 2. The molecule has 1 aromatic heterocycles. The summed E-state index contributed by atoms with van der Waals surface area (Å²) < 4.78 is 0. The standard InChI is InChI=1S/C15H17N5O3S/c1-9(21)16-15-17-12(8-24-15)14(23)19-18-13(22)10-5-4-6-11(7-10)20(2)3/h4-8H,1-3H3,(H,18,22)(H,19,23)(H,16,17,21). The van der Waals surface area contributed by atoms with Crippen LogP contribution < -0.4 is 21.1 Å². The van der Waals surface area contributed by atoms with Crippen molar-refractivity contribution in [3.63, 3.8) is 0 Å². The number of hydrogen-bond acceptors (Lipinski definition) is 6. The molecule has 0 aliphatic carbocycles. The molecule has 126 valence electrons. The predicted octanol–water partition coefficient (Wildman–Crippen LogP) is 1.24. The summed E-state index contributed by atoms with van der Waals surface area (Å²) in [6.07, 6.45) is 0. The summed E-state index contributed by atoms with van der Waals surface area (Å²) in [5, 5.41) is 4.29. The minimum atomic E-state index is -0.569. The van der Waals surface area contributed by atoms with Crippen molar-refractivity contribution < 1.29 is 14.4 Å². The van der Waals surface area contributed by atoms with Crippen LogP contribution in [0.5, 0.6) is 0 Å². The monoisotopic (exact) mass is 347 g/mol. The first-order valence-electron chi connectivity index (χ1n) is 6.98. The number of rotatable bonds is 4. The fourth-order valence-corrected chi connectivity index (χ4v) is 2.50. The van der Waals surface area contributed by atoms with Crippen LogP contribution in [0.15, 0.2) is 29.6 Å². The van der Waals surface area contributed by atoms with Gasteiger partial charge in [0.25, 0.3) is 11.8 Å². The Bertz CT molecular complexity index is 772. The molecule has 3 N–H and O–H groups in total. The van der Waals surface area contributed by atoms with Gasteiger partial charge in [-0.05, 0) is 18.2 Å². The molecule has 0 atom stereocenters. The molecule has 0 saturated heterocycles. The molecule has 9 heteroatoms. The molecule has 0 radical (unpaired) electrons. The smallest absolute Gasteiger partial charge is 0.289 e. The molecule has 2 aromatic rings. The van der Waals surface area contributed by atoms with Gasteiger partial charge in [0.15, 0.2) is 5.13 Å². The molecule has 24 heavy (non-hydrogen) atoms. The van der Waals surface area contributed by atoms with Crippen LogP contribution in [0.2, 0.25) is 0 Å². The van der Waals surface area contributed by atoms with E-state index in [0.29, 0.717) is 10.7 Å². The van der Waals surface area contributed by atoms with Gasteiger partial charge in [-0.3, -0.25) is 25.2 Å². The summed E-state index contributed by atoms with van der Waals surface area (Å²) in [5.74, 6) is -1.28. The van der Waals surface area contributed by atoms with Crippen LogP contribution in [-0.4, -0.2) is 36.8 Å². The highest BCUT2D eigenvalue weighted by molar-refractivity contribution is 7.14. The quantitative estimate of drug-likeness (QED) is 0.722.